The molecule has 0 fully saturated rings. The molecule has 5 heteroatoms. The maximum absolute atomic E-state index is 10.7. The van der Waals surface area contributed by atoms with Gasteiger partial charge in [0.15, 0.2) is 0 Å². The summed E-state index contributed by atoms with van der Waals surface area (Å²) in [5, 5.41) is 10.7. The SMILES string of the molecule is CN(C)Cc1ccccc1C(O)c1cc(I)sc1I. The topological polar surface area (TPSA) is 23.5 Å². The highest BCUT2D eigenvalue weighted by molar-refractivity contribution is 14.1. The first-order chi connectivity index (χ1) is 8.99. The van der Waals surface area contributed by atoms with Crippen LogP contribution in [0, 0.1) is 5.77 Å². The van der Waals surface area contributed by atoms with Crippen LogP contribution in [0.5, 0.6) is 0 Å². The number of nitrogens with zero attached hydrogens (tertiary/aromatic N) is 1. The molecule has 0 amide bonds. The predicted octanol–water partition coefficient (Wildman–Crippen LogP) is 4.10. The summed E-state index contributed by atoms with van der Waals surface area (Å²) in [4.78, 5) is 2.12. The summed E-state index contributed by atoms with van der Waals surface area (Å²) in [7, 11) is 4.08. The van der Waals surface area contributed by atoms with Gasteiger partial charge in [-0.15, -0.1) is 11.3 Å². The first-order valence-corrected chi connectivity index (χ1v) is 8.81. The summed E-state index contributed by atoms with van der Waals surface area (Å²) in [6.07, 6.45) is -0.539. The smallest absolute Gasteiger partial charge is 0.106 e. The molecule has 1 unspecified atom stereocenters. The van der Waals surface area contributed by atoms with Crippen molar-refractivity contribution < 1.29 is 5.11 Å². The van der Waals surface area contributed by atoms with E-state index in [9.17, 15) is 5.11 Å². The molecule has 1 atom stereocenters. The molecule has 0 spiro atoms. The molecule has 0 aliphatic heterocycles. The lowest BCUT2D eigenvalue weighted by Gasteiger charge is -2.18. The summed E-state index contributed by atoms with van der Waals surface area (Å²) < 4.78 is 2.37. The van der Waals surface area contributed by atoms with Gasteiger partial charge in [-0.1, -0.05) is 24.3 Å². The summed E-state index contributed by atoms with van der Waals surface area (Å²) >= 11 is 6.32. The normalized spacial score (nSPS) is 12.9. The molecule has 0 saturated carbocycles. The van der Waals surface area contributed by atoms with Crippen LogP contribution in [0.3, 0.4) is 0 Å². The molecule has 0 bridgehead atoms. The third kappa shape index (κ3) is 3.90. The van der Waals surface area contributed by atoms with E-state index in [2.05, 4.69) is 62.2 Å². The van der Waals surface area contributed by atoms with Crippen molar-refractivity contribution >= 4 is 56.5 Å². The fourth-order valence-corrected chi connectivity index (χ4v) is 6.06. The number of hydrogen-bond donors (Lipinski definition) is 1. The number of hydrogen-bond acceptors (Lipinski definition) is 3. The molecule has 102 valence electrons. The molecule has 19 heavy (non-hydrogen) atoms. The number of benzene rings is 1. The van der Waals surface area contributed by atoms with Gasteiger partial charge in [0.25, 0.3) is 0 Å². The second-order valence-electron chi connectivity index (χ2n) is 4.62. The van der Waals surface area contributed by atoms with Gasteiger partial charge in [-0.3, -0.25) is 0 Å². The molecule has 1 aromatic heterocycles. The Balaban J connectivity index is 2.38. The first-order valence-electron chi connectivity index (χ1n) is 5.84. The Morgan fingerprint density at radius 1 is 1.21 bits per heavy atom. The summed E-state index contributed by atoms with van der Waals surface area (Å²) in [5.41, 5.74) is 3.20. The fourth-order valence-electron chi connectivity index (χ4n) is 1.99. The highest BCUT2D eigenvalue weighted by Crippen LogP contribution is 2.34. The van der Waals surface area contributed by atoms with Crippen LogP contribution in [-0.4, -0.2) is 24.1 Å². The Morgan fingerprint density at radius 3 is 2.47 bits per heavy atom. The Labute approximate surface area is 145 Å². The van der Waals surface area contributed by atoms with Crippen LogP contribution in [-0.2, 0) is 6.54 Å². The number of rotatable bonds is 4. The van der Waals surface area contributed by atoms with Crippen molar-refractivity contribution in [3.63, 3.8) is 0 Å². The van der Waals surface area contributed by atoms with Gasteiger partial charge in [0.05, 0.1) is 5.77 Å². The molecule has 0 saturated heterocycles. The van der Waals surface area contributed by atoms with Crippen molar-refractivity contribution in [2.75, 3.05) is 14.1 Å². The molecule has 2 rings (SSSR count). The zero-order valence-corrected chi connectivity index (χ0v) is 15.9. The van der Waals surface area contributed by atoms with E-state index in [1.54, 1.807) is 11.3 Å². The van der Waals surface area contributed by atoms with E-state index >= 15 is 0 Å². The van der Waals surface area contributed by atoms with Gasteiger partial charge in [-0.25, -0.2) is 0 Å². The highest BCUT2D eigenvalue weighted by Gasteiger charge is 2.19. The van der Waals surface area contributed by atoms with Crippen molar-refractivity contribution in [2.45, 2.75) is 12.6 Å². The summed E-state index contributed by atoms with van der Waals surface area (Å²) in [6.45, 7) is 0.838. The third-order valence-electron chi connectivity index (χ3n) is 2.81. The van der Waals surface area contributed by atoms with E-state index < -0.39 is 6.10 Å². The van der Waals surface area contributed by atoms with Crippen LogP contribution in [0.2, 0.25) is 0 Å². The monoisotopic (exact) mass is 499 g/mol. The van der Waals surface area contributed by atoms with E-state index in [1.807, 2.05) is 32.3 Å². The second-order valence-corrected chi connectivity index (χ2v) is 9.38. The molecule has 1 N–H and O–H groups in total. The molecule has 1 aromatic carbocycles. The Hall–Kier alpha value is 0.300. The Kier molecular flexibility index (Phi) is 5.65. The predicted molar refractivity (Wildman–Crippen MR) is 97.6 cm³/mol. The lowest BCUT2D eigenvalue weighted by Crippen LogP contribution is -2.14. The molecule has 2 nitrogen and oxygen atoms in total. The van der Waals surface area contributed by atoms with Crippen LogP contribution >= 0.6 is 56.5 Å². The maximum Gasteiger partial charge on any atom is 0.106 e. The van der Waals surface area contributed by atoms with Crippen LogP contribution in [0.4, 0.5) is 0 Å². The van der Waals surface area contributed by atoms with E-state index in [4.69, 9.17) is 0 Å². The van der Waals surface area contributed by atoms with E-state index in [1.165, 1.54) is 8.45 Å². The zero-order valence-electron chi connectivity index (χ0n) is 10.7. The van der Waals surface area contributed by atoms with Crippen molar-refractivity contribution in [1.82, 2.24) is 4.90 Å². The van der Waals surface area contributed by atoms with Gasteiger partial charge in [0.2, 0.25) is 0 Å². The summed E-state index contributed by atoms with van der Waals surface area (Å²) in [5.74, 6) is 0. The minimum Gasteiger partial charge on any atom is -0.384 e. The quantitative estimate of drug-likeness (QED) is 0.641. The lowest BCUT2D eigenvalue weighted by molar-refractivity contribution is 0.217. The first kappa shape index (κ1) is 15.7. The van der Waals surface area contributed by atoms with Gasteiger partial charge in [0.1, 0.15) is 6.10 Å². The van der Waals surface area contributed by atoms with E-state index in [0.717, 1.165) is 20.6 Å². The largest absolute Gasteiger partial charge is 0.384 e. The second kappa shape index (κ2) is 6.84. The van der Waals surface area contributed by atoms with Crippen LogP contribution in [0.25, 0.3) is 0 Å². The van der Waals surface area contributed by atoms with E-state index in [0.29, 0.717) is 0 Å². The molecule has 1 heterocycles. The van der Waals surface area contributed by atoms with E-state index in [-0.39, 0.29) is 0 Å². The Bertz CT molecular complexity index is 568. The zero-order chi connectivity index (χ0) is 14.0. The molecule has 0 radical (unpaired) electrons. The van der Waals surface area contributed by atoms with Gasteiger partial charge < -0.3 is 10.0 Å². The fraction of sp³-hybridized carbons (Fsp3) is 0.286. The number of thiophene rings is 1. The molecule has 2 aromatic rings. The van der Waals surface area contributed by atoms with Crippen molar-refractivity contribution in [2.24, 2.45) is 0 Å². The van der Waals surface area contributed by atoms with Gasteiger partial charge in [-0.05, 0) is 76.5 Å². The number of aliphatic hydroxyl groups excluding tert-OH is 1. The van der Waals surface area contributed by atoms with Gasteiger partial charge in [0, 0.05) is 12.1 Å². The third-order valence-corrected chi connectivity index (χ3v) is 5.80. The highest BCUT2D eigenvalue weighted by atomic mass is 127. The average Bonchev–Trinajstić information content (AvgIpc) is 2.67. The Morgan fingerprint density at radius 2 is 1.89 bits per heavy atom. The van der Waals surface area contributed by atoms with Crippen LogP contribution in [0.15, 0.2) is 30.3 Å². The van der Waals surface area contributed by atoms with Gasteiger partial charge in [-0.2, -0.15) is 0 Å². The van der Waals surface area contributed by atoms with Crippen LogP contribution in [0.1, 0.15) is 22.8 Å². The maximum atomic E-state index is 10.7. The molecule has 0 aliphatic carbocycles. The standard InChI is InChI=1S/C14H15I2NOS/c1-17(2)8-9-5-3-4-6-10(9)13(18)11-7-12(15)19-14(11)16/h3-7,13,18H,8H2,1-2H3. The van der Waals surface area contributed by atoms with Gasteiger partial charge >= 0.3 is 0 Å². The molecular formula is C14H15I2NOS. The lowest BCUT2D eigenvalue weighted by atomic mass is 9.98. The average molecular weight is 499 g/mol. The molecular weight excluding hydrogens is 484 g/mol. The minimum absolute atomic E-state index is 0.539. The molecule has 0 aliphatic rings. The number of aliphatic hydroxyl groups is 1. The van der Waals surface area contributed by atoms with Crippen molar-refractivity contribution in [3.8, 4) is 0 Å². The van der Waals surface area contributed by atoms with Crippen molar-refractivity contribution in [3.05, 3.63) is 52.8 Å². The minimum atomic E-state index is -0.539. The summed E-state index contributed by atoms with van der Waals surface area (Å²) in [6, 6.07) is 10.2. The van der Waals surface area contributed by atoms with Crippen molar-refractivity contribution in [1.29, 1.82) is 0 Å². The van der Waals surface area contributed by atoms with Crippen LogP contribution < -0.4 is 0 Å². The number of halogens is 2.